The standard InChI is InChI=1S/C22H34N4O2S.HI/c1-3-23-22(26-11-9-19(10-12-26)21(27)28-4-2)24-17-18-5-7-20(8-6-18)25-13-15-29-16-14-25;/h5-8,19H,3-4,9-17H2,1-2H3,(H,23,24);1H. The van der Waals surface area contributed by atoms with Crippen molar-refractivity contribution in [2.45, 2.75) is 33.2 Å². The predicted octanol–water partition coefficient (Wildman–Crippen LogP) is 3.60. The third-order valence-corrected chi connectivity index (χ3v) is 6.42. The number of halogens is 1. The first-order valence-corrected chi connectivity index (χ1v) is 12.0. The van der Waals surface area contributed by atoms with Crippen LogP contribution in [0.4, 0.5) is 5.69 Å². The molecule has 1 aromatic rings. The third-order valence-electron chi connectivity index (χ3n) is 5.47. The lowest BCUT2D eigenvalue weighted by Gasteiger charge is -2.33. The first-order valence-electron chi connectivity index (χ1n) is 10.8. The Morgan fingerprint density at radius 2 is 1.80 bits per heavy atom. The highest BCUT2D eigenvalue weighted by Gasteiger charge is 2.27. The number of ether oxygens (including phenoxy) is 1. The zero-order valence-corrected chi connectivity index (χ0v) is 21.3. The summed E-state index contributed by atoms with van der Waals surface area (Å²) in [4.78, 5) is 21.5. The van der Waals surface area contributed by atoms with Gasteiger partial charge in [0.1, 0.15) is 0 Å². The molecule has 0 saturated carbocycles. The van der Waals surface area contributed by atoms with Crippen molar-refractivity contribution in [2.24, 2.45) is 10.9 Å². The average molecular weight is 547 g/mol. The van der Waals surface area contributed by atoms with Crippen LogP contribution < -0.4 is 10.2 Å². The molecule has 0 spiro atoms. The van der Waals surface area contributed by atoms with Gasteiger partial charge in [0.05, 0.1) is 19.1 Å². The van der Waals surface area contributed by atoms with Gasteiger partial charge in [0.2, 0.25) is 0 Å². The van der Waals surface area contributed by atoms with Gasteiger partial charge in [0.15, 0.2) is 5.96 Å². The van der Waals surface area contributed by atoms with Crippen LogP contribution in [-0.4, -0.2) is 67.7 Å². The summed E-state index contributed by atoms with van der Waals surface area (Å²) in [6.45, 7) is 9.84. The first kappa shape index (κ1) is 25.1. The molecule has 2 fully saturated rings. The van der Waals surface area contributed by atoms with E-state index < -0.39 is 0 Å². The zero-order chi connectivity index (χ0) is 20.5. The minimum atomic E-state index is -0.0542. The normalized spacial score (nSPS) is 18.0. The average Bonchev–Trinajstić information content (AvgIpc) is 2.78. The van der Waals surface area contributed by atoms with Gasteiger partial charge in [-0.3, -0.25) is 4.79 Å². The van der Waals surface area contributed by atoms with E-state index in [-0.39, 0.29) is 35.9 Å². The van der Waals surface area contributed by atoms with Crippen molar-refractivity contribution < 1.29 is 9.53 Å². The number of benzene rings is 1. The van der Waals surface area contributed by atoms with E-state index in [1.807, 2.05) is 18.7 Å². The van der Waals surface area contributed by atoms with Crippen molar-refractivity contribution in [1.82, 2.24) is 10.2 Å². The number of hydrogen-bond acceptors (Lipinski definition) is 5. The predicted molar refractivity (Wildman–Crippen MR) is 137 cm³/mol. The summed E-state index contributed by atoms with van der Waals surface area (Å²) in [7, 11) is 0. The molecule has 0 radical (unpaired) electrons. The van der Waals surface area contributed by atoms with E-state index >= 15 is 0 Å². The van der Waals surface area contributed by atoms with Crippen LogP contribution >= 0.6 is 35.7 Å². The smallest absolute Gasteiger partial charge is 0.309 e. The summed E-state index contributed by atoms with van der Waals surface area (Å²) in [5.41, 5.74) is 2.53. The Hall–Kier alpha value is -1.16. The van der Waals surface area contributed by atoms with E-state index in [0.29, 0.717) is 13.2 Å². The Balaban J connectivity index is 0.00000320. The summed E-state index contributed by atoms with van der Waals surface area (Å²) in [6.07, 6.45) is 1.65. The molecule has 0 atom stereocenters. The van der Waals surface area contributed by atoms with Gasteiger partial charge in [-0.1, -0.05) is 12.1 Å². The summed E-state index contributed by atoms with van der Waals surface area (Å²) in [6, 6.07) is 8.82. The fourth-order valence-electron chi connectivity index (χ4n) is 3.81. The highest BCUT2D eigenvalue weighted by atomic mass is 127. The second kappa shape index (κ2) is 13.3. The third kappa shape index (κ3) is 7.21. The minimum Gasteiger partial charge on any atom is -0.466 e. The lowest BCUT2D eigenvalue weighted by Crippen LogP contribution is -2.46. The van der Waals surface area contributed by atoms with Crippen LogP contribution in [0.5, 0.6) is 0 Å². The van der Waals surface area contributed by atoms with E-state index in [4.69, 9.17) is 9.73 Å². The number of anilines is 1. The number of thioether (sulfide) groups is 1. The Morgan fingerprint density at radius 3 is 2.40 bits per heavy atom. The molecular weight excluding hydrogens is 511 g/mol. The van der Waals surface area contributed by atoms with Crippen LogP contribution in [-0.2, 0) is 16.1 Å². The molecule has 0 bridgehead atoms. The fraction of sp³-hybridized carbons (Fsp3) is 0.636. The van der Waals surface area contributed by atoms with Crippen molar-refractivity contribution in [3.05, 3.63) is 29.8 Å². The van der Waals surface area contributed by atoms with Crippen LogP contribution in [0.3, 0.4) is 0 Å². The first-order chi connectivity index (χ1) is 14.2. The van der Waals surface area contributed by atoms with Crippen LogP contribution in [0.2, 0.25) is 0 Å². The van der Waals surface area contributed by atoms with E-state index in [0.717, 1.165) is 51.5 Å². The van der Waals surface area contributed by atoms with E-state index in [2.05, 4.69) is 46.3 Å². The molecule has 0 aliphatic carbocycles. The largest absolute Gasteiger partial charge is 0.466 e. The van der Waals surface area contributed by atoms with Crippen LogP contribution in [0.25, 0.3) is 0 Å². The quantitative estimate of drug-likeness (QED) is 0.255. The number of guanidine groups is 1. The van der Waals surface area contributed by atoms with E-state index in [1.165, 1.54) is 22.8 Å². The van der Waals surface area contributed by atoms with Gasteiger partial charge < -0.3 is 19.9 Å². The van der Waals surface area contributed by atoms with Crippen LogP contribution in [0.15, 0.2) is 29.3 Å². The maximum atomic E-state index is 12.0. The van der Waals surface area contributed by atoms with Crippen LogP contribution in [0.1, 0.15) is 32.3 Å². The molecule has 2 heterocycles. The molecule has 168 valence electrons. The number of likely N-dealkylation sites (tertiary alicyclic amines) is 1. The number of aliphatic imine (C=N–C) groups is 1. The van der Waals surface area contributed by atoms with Gasteiger partial charge in [0.25, 0.3) is 0 Å². The number of hydrogen-bond donors (Lipinski definition) is 1. The lowest BCUT2D eigenvalue weighted by molar-refractivity contribution is -0.149. The van der Waals surface area contributed by atoms with Gasteiger partial charge >= 0.3 is 5.97 Å². The minimum absolute atomic E-state index is 0. The number of nitrogens with zero attached hydrogens (tertiary/aromatic N) is 3. The Morgan fingerprint density at radius 1 is 1.13 bits per heavy atom. The second-order valence-corrected chi connectivity index (χ2v) is 8.67. The SMILES string of the molecule is CCNC(=NCc1ccc(N2CCSCC2)cc1)N1CCC(C(=O)OCC)CC1.I. The van der Waals surface area contributed by atoms with E-state index in [9.17, 15) is 4.79 Å². The van der Waals surface area contributed by atoms with Crippen LogP contribution in [0, 0.1) is 5.92 Å². The number of esters is 1. The Labute approximate surface area is 202 Å². The molecule has 2 saturated heterocycles. The molecule has 6 nitrogen and oxygen atoms in total. The summed E-state index contributed by atoms with van der Waals surface area (Å²) in [5.74, 6) is 3.33. The fourth-order valence-corrected chi connectivity index (χ4v) is 4.72. The molecule has 1 N–H and O–H groups in total. The zero-order valence-electron chi connectivity index (χ0n) is 18.1. The maximum absolute atomic E-state index is 12.0. The summed E-state index contributed by atoms with van der Waals surface area (Å²) in [5, 5.41) is 3.40. The van der Waals surface area contributed by atoms with Crippen molar-refractivity contribution in [1.29, 1.82) is 0 Å². The van der Waals surface area contributed by atoms with Crippen molar-refractivity contribution in [3.8, 4) is 0 Å². The molecule has 2 aliphatic rings. The van der Waals surface area contributed by atoms with Crippen molar-refractivity contribution in [2.75, 3.05) is 55.7 Å². The van der Waals surface area contributed by atoms with Gasteiger partial charge in [-0.25, -0.2) is 4.99 Å². The molecule has 1 aromatic carbocycles. The molecule has 0 amide bonds. The Bertz CT molecular complexity index is 672. The van der Waals surface area contributed by atoms with Gasteiger partial charge in [-0.05, 0) is 44.4 Å². The van der Waals surface area contributed by atoms with Gasteiger partial charge in [0, 0.05) is 49.9 Å². The Kier molecular flexibility index (Phi) is 11.1. The number of carbonyl (C=O) groups excluding carboxylic acids is 1. The number of nitrogens with one attached hydrogen (secondary N) is 1. The molecular formula is C22H35IN4O2S. The highest BCUT2D eigenvalue weighted by molar-refractivity contribution is 14.0. The molecule has 0 unspecified atom stereocenters. The lowest BCUT2D eigenvalue weighted by atomic mass is 9.97. The molecule has 2 aliphatic heterocycles. The van der Waals surface area contributed by atoms with E-state index in [1.54, 1.807) is 0 Å². The van der Waals surface area contributed by atoms with Gasteiger partial charge in [-0.2, -0.15) is 11.8 Å². The number of piperidine rings is 1. The molecule has 3 rings (SSSR count). The van der Waals surface area contributed by atoms with Crippen molar-refractivity contribution >= 4 is 53.4 Å². The van der Waals surface area contributed by atoms with Gasteiger partial charge in [-0.15, -0.1) is 24.0 Å². The molecule has 0 aromatic heterocycles. The number of carbonyl (C=O) groups is 1. The monoisotopic (exact) mass is 546 g/mol. The molecule has 30 heavy (non-hydrogen) atoms. The molecule has 8 heteroatoms. The summed E-state index contributed by atoms with van der Waals surface area (Å²) >= 11 is 2.03. The summed E-state index contributed by atoms with van der Waals surface area (Å²) < 4.78 is 5.18. The highest BCUT2D eigenvalue weighted by Crippen LogP contribution is 2.21. The second-order valence-electron chi connectivity index (χ2n) is 7.45. The number of rotatable bonds is 6. The van der Waals surface area contributed by atoms with Crippen molar-refractivity contribution in [3.63, 3.8) is 0 Å². The topological polar surface area (TPSA) is 57.2 Å². The maximum Gasteiger partial charge on any atom is 0.309 e.